The number of carbonyl (C=O) groups excluding carboxylic acids is 1. The molecule has 23 heavy (non-hydrogen) atoms. The third kappa shape index (κ3) is 3.02. The van der Waals surface area contributed by atoms with Gasteiger partial charge in [0.05, 0.1) is 4.90 Å². The van der Waals surface area contributed by atoms with E-state index in [1.807, 2.05) is 4.72 Å². The zero-order valence-electron chi connectivity index (χ0n) is 11.8. The number of hydrogen-bond acceptors (Lipinski definition) is 3. The first-order valence-electron chi connectivity index (χ1n) is 6.76. The highest BCUT2D eigenvalue weighted by atomic mass is 32.2. The fraction of sp³-hybridized carbons (Fsp3) is 0.133. The summed E-state index contributed by atoms with van der Waals surface area (Å²) in [4.78, 5) is 11.2. The number of para-hydroxylation sites is 1. The summed E-state index contributed by atoms with van der Waals surface area (Å²) in [5.74, 6) is -2.14. The van der Waals surface area contributed by atoms with Crippen LogP contribution >= 0.6 is 0 Å². The van der Waals surface area contributed by atoms with Crippen LogP contribution in [0.5, 0.6) is 0 Å². The van der Waals surface area contributed by atoms with Gasteiger partial charge in [0.2, 0.25) is 5.91 Å². The van der Waals surface area contributed by atoms with Crippen LogP contribution in [0.15, 0.2) is 41.3 Å². The Morgan fingerprint density at radius 3 is 2.43 bits per heavy atom. The number of nitrogens with one attached hydrogen (secondary N) is 2. The minimum atomic E-state index is -4.15. The Hall–Kier alpha value is -2.48. The van der Waals surface area contributed by atoms with Crippen LogP contribution in [0.3, 0.4) is 0 Å². The summed E-state index contributed by atoms with van der Waals surface area (Å²) in [6, 6.07) is 7.18. The fourth-order valence-corrected chi connectivity index (χ4v) is 3.44. The molecule has 5 nitrogen and oxygen atoms in total. The molecule has 1 aliphatic rings. The molecule has 1 amide bonds. The fourth-order valence-electron chi connectivity index (χ4n) is 2.32. The van der Waals surface area contributed by atoms with E-state index in [0.717, 1.165) is 18.2 Å². The molecule has 0 unspecified atom stereocenters. The highest BCUT2D eigenvalue weighted by molar-refractivity contribution is 7.92. The van der Waals surface area contributed by atoms with Crippen LogP contribution < -0.4 is 10.0 Å². The van der Waals surface area contributed by atoms with Gasteiger partial charge in [0.1, 0.15) is 17.3 Å². The van der Waals surface area contributed by atoms with E-state index in [2.05, 4.69) is 5.32 Å². The predicted molar refractivity (Wildman–Crippen MR) is 80.6 cm³/mol. The number of fused-ring (bicyclic) bond motifs is 1. The molecule has 8 heteroatoms. The molecule has 1 heterocycles. The van der Waals surface area contributed by atoms with Crippen LogP contribution in [-0.2, 0) is 21.2 Å². The van der Waals surface area contributed by atoms with Gasteiger partial charge in [-0.2, -0.15) is 0 Å². The first-order valence-corrected chi connectivity index (χ1v) is 8.25. The number of aryl methyl sites for hydroxylation is 1. The van der Waals surface area contributed by atoms with E-state index in [1.165, 1.54) is 18.2 Å². The van der Waals surface area contributed by atoms with E-state index in [1.54, 1.807) is 0 Å². The van der Waals surface area contributed by atoms with Crippen LogP contribution in [-0.4, -0.2) is 14.3 Å². The van der Waals surface area contributed by atoms with E-state index in [-0.39, 0.29) is 17.2 Å². The lowest BCUT2D eigenvalue weighted by molar-refractivity contribution is -0.116. The van der Waals surface area contributed by atoms with E-state index >= 15 is 0 Å². The van der Waals surface area contributed by atoms with Gasteiger partial charge < -0.3 is 5.32 Å². The van der Waals surface area contributed by atoms with Gasteiger partial charge in [-0.3, -0.25) is 9.52 Å². The second-order valence-corrected chi connectivity index (χ2v) is 6.75. The summed E-state index contributed by atoms with van der Waals surface area (Å²) in [6.07, 6.45) is 0.657. The molecule has 2 aromatic carbocycles. The molecule has 0 fully saturated rings. The molecule has 1 aliphatic heterocycles. The molecule has 0 saturated heterocycles. The van der Waals surface area contributed by atoms with E-state index in [9.17, 15) is 22.0 Å². The molecule has 0 aromatic heterocycles. The molecule has 2 aromatic rings. The van der Waals surface area contributed by atoms with Crippen molar-refractivity contribution in [2.24, 2.45) is 0 Å². The number of carbonyl (C=O) groups is 1. The molecule has 0 spiro atoms. The third-order valence-corrected chi connectivity index (χ3v) is 4.83. The van der Waals surface area contributed by atoms with Crippen molar-refractivity contribution in [1.29, 1.82) is 0 Å². The summed E-state index contributed by atoms with van der Waals surface area (Å²) in [5.41, 5.74) is 0.470. The largest absolute Gasteiger partial charge is 0.326 e. The first kappa shape index (κ1) is 15.4. The average Bonchev–Trinajstić information content (AvgIpc) is 2.50. The Morgan fingerprint density at radius 2 is 1.74 bits per heavy atom. The van der Waals surface area contributed by atoms with Gasteiger partial charge in [0.15, 0.2) is 0 Å². The Bertz CT molecular complexity index is 877. The maximum Gasteiger partial charge on any atom is 0.262 e. The van der Waals surface area contributed by atoms with Crippen LogP contribution in [0.25, 0.3) is 0 Å². The van der Waals surface area contributed by atoms with Gasteiger partial charge >= 0.3 is 0 Å². The summed E-state index contributed by atoms with van der Waals surface area (Å²) in [6.45, 7) is 0. The number of benzene rings is 2. The molecule has 0 bridgehead atoms. The Labute approximate surface area is 131 Å². The quantitative estimate of drug-likeness (QED) is 0.903. The summed E-state index contributed by atoms with van der Waals surface area (Å²) >= 11 is 0. The third-order valence-electron chi connectivity index (χ3n) is 3.48. The van der Waals surface area contributed by atoms with Crippen molar-refractivity contribution in [3.63, 3.8) is 0 Å². The van der Waals surface area contributed by atoms with Gasteiger partial charge in [-0.05, 0) is 42.3 Å². The van der Waals surface area contributed by atoms with Crippen molar-refractivity contribution in [3.8, 4) is 0 Å². The molecule has 0 saturated carbocycles. The smallest absolute Gasteiger partial charge is 0.262 e. The zero-order chi connectivity index (χ0) is 16.6. The zero-order valence-corrected chi connectivity index (χ0v) is 12.6. The summed E-state index contributed by atoms with van der Waals surface area (Å²) in [5, 5.41) is 2.63. The normalized spacial score (nSPS) is 14.1. The van der Waals surface area contributed by atoms with Crippen molar-refractivity contribution in [2.75, 3.05) is 10.0 Å². The Morgan fingerprint density at radius 1 is 1.04 bits per heavy atom. The van der Waals surface area contributed by atoms with Gasteiger partial charge in [-0.1, -0.05) is 6.07 Å². The van der Waals surface area contributed by atoms with Crippen LogP contribution in [0.4, 0.5) is 20.2 Å². The van der Waals surface area contributed by atoms with Gasteiger partial charge in [0.25, 0.3) is 10.0 Å². The predicted octanol–water partition coefficient (Wildman–Crippen LogP) is 2.65. The number of anilines is 2. The molecule has 0 atom stereocenters. The highest BCUT2D eigenvalue weighted by Crippen LogP contribution is 2.27. The molecule has 2 N–H and O–H groups in total. The van der Waals surface area contributed by atoms with Crippen LogP contribution in [0.2, 0.25) is 0 Å². The molecule has 0 aliphatic carbocycles. The van der Waals surface area contributed by atoms with Gasteiger partial charge in [-0.15, -0.1) is 0 Å². The van der Waals surface area contributed by atoms with Crippen molar-refractivity contribution in [2.45, 2.75) is 17.7 Å². The van der Waals surface area contributed by atoms with Crippen LogP contribution in [0.1, 0.15) is 12.0 Å². The van der Waals surface area contributed by atoms with E-state index < -0.39 is 27.3 Å². The second-order valence-electron chi connectivity index (χ2n) is 5.07. The number of sulfonamides is 1. The lowest BCUT2D eigenvalue weighted by Gasteiger charge is -2.18. The molecule has 0 radical (unpaired) electrons. The average molecular weight is 338 g/mol. The van der Waals surface area contributed by atoms with Gasteiger partial charge in [0, 0.05) is 12.1 Å². The molecule has 3 rings (SSSR count). The molecule has 120 valence electrons. The minimum absolute atomic E-state index is 0.130. The first-order chi connectivity index (χ1) is 10.9. The van der Waals surface area contributed by atoms with Crippen molar-refractivity contribution < 1.29 is 22.0 Å². The van der Waals surface area contributed by atoms with Crippen molar-refractivity contribution in [3.05, 3.63) is 53.6 Å². The van der Waals surface area contributed by atoms with E-state index in [0.29, 0.717) is 17.7 Å². The minimum Gasteiger partial charge on any atom is -0.326 e. The van der Waals surface area contributed by atoms with Crippen molar-refractivity contribution in [1.82, 2.24) is 0 Å². The Balaban J connectivity index is 1.96. The monoisotopic (exact) mass is 338 g/mol. The number of amides is 1. The summed E-state index contributed by atoms with van der Waals surface area (Å²) in [7, 11) is -4.15. The second kappa shape index (κ2) is 5.62. The van der Waals surface area contributed by atoms with Gasteiger partial charge in [-0.25, -0.2) is 17.2 Å². The lowest BCUT2D eigenvalue weighted by atomic mass is 10.0. The number of rotatable bonds is 3. The standard InChI is InChI=1S/C15H12F2N2O3S/c16-11-2-1-3-12(17)15(11)19-23(21,22)10-5-6-13-9(8-10)4-7-14(20)18-13/h1-3,5-6,8,19H,4,7H2,(H,18,20). The topological polar surface area (TPSA) is 75.3 Å². The SMILES string of the molecule is O=C1CCc2cc(S(=O)(=O)Nc3c(F)cccc3F)ccc2N1. The number of hydrogen-bond donors (Lipinski definition) is 2. The maximum absolute atomic E-state index is 13.6. The Kier molecular flexibility index (Phi) is 3.77. The lowest BCUT2D eigenvalue weighted by Crippen LogP contribution is -2.20. The highest BCUT2D eigenvalue weighted by Gasteiger charge is 2.22. The van der Waals surface area contributed by atoms with Crippen LogP contribution in [0, 0.1) is 11.6 Å². The van der Waals surface area contributed by atoms with E-state index in [4.69, 9.17) is 0 Å². The molecular weight excluding hydrogens is 326 g/mol. The summed E-state index contributed by atoms with van der Waals surface area (Å²) < 4.78 is 53.8. The molecular formula is C15H12F2N2O3S. The number of halogens is 2. The maximum atomic E-state index is 13.6. The van der Waals surface area contributed by atoms with Crippen molar-refractivity contribution >= 4 is 27.3 Å².